The first kappa shape index (κ1) is 20.1. The van der Waals surface area contributed by atoms with E-state index in [4.69, 9.17) is 0 Å². The molecule has 0 bridgehead atoms. The minimum atomic E-state index is -1.29. The van der Waals surface area contributed by atoms with Crippen molar-refractivity contribution in [3.05, 3.63) is 71.5 Å². The Kier molecular flexibility index (Phi) is 6.65. The predicted molar refractivity (Wildman–Crippen MR) is 97.6 cm³/mol. The Morgan fingerprint density at radius 3 is 2.33 bits per heavy atom. The van der Waals surface area contributed by atoms with Gasteiger partial charge in [0.15, 0.2) is 0 Å². The van der Waals surface area contributed by atoms with Gasteiger partial charge < -0.3 is 15.7 Å². The third-order valence-electron chi connectivity index (χ3n) is 4.22. The summed E-state index contributed by atoms with van der Waals surface area (Å²) in [7, 11) is 0. The van der Waals surface area contributed by atoms with Gasteiger partial charge in [0, 0.05) is 6.54 Å². The van der Waals surface area contributed by atoms with Crippen LogP contribution in [0, 0.1) is 5.82 Å². The Hall–Kier alpha value is -3.22. The molecule has 1 atom stereocenters. The molecule has 0 spiro atoms. The molecule has 0 aromatic heterocycles. The van der Waals surface area contributed by atoms with E-state index in [0.29, 0.717) is 11.1 Å². The highest BCUT2D eigenvalue weighted by atomic mass is 19.1. The van der Waals surface area contributed by atoms with Gasteiger partial charge in [0.1, 0.15) is 11.2 Å². The lowest BCUT2D eigenvalue weighted by Gasteiger charge is -2.25. The van der Waals surface area contributed by atoms with Crippen LogP contribution in [0.5, 0.6) is 0 Å². The number of nitrogens with one attached hydrogen (secondary N) is 2. The van der Waals surface area contributed by atoms with Crippen LogP contribution in [0.1, 0.15) is 18.1 Å². The van der Waals surface area contributed by atoms with Crippen LogP contribution in [0.15, 0.2) is 54.6 Å². The molecule has 0 aliphatic rings. The van der Waals surface area contributed by atoms with E-state index < -0.39 is 29.0 Å². The van der Waals surface area contributed by atoms with Gasteiger partial charge in [-0.15, -0.1) is 0 Å². The lowest BCUT2D eigenvalue weighted by Crippen LogP contribution is -2.47. The van der Waals surface area contributed by atoms with Gasteiger partial charge in [-0.2, -0.15) is 0 Å². The summed E-state index contributed by atoms with van der Waals surface area (Å²) in [5.41, 5.74) is -0.231. The van der Waals surface area contributed by atoms with E-state index in [0.717, 1.165) is 0 Å². The van der Waals surface area contributed by atoms with Crippen molar-refractivity contribution < 1.29 is 23.9 Å². The summed E-state index contributed by atoms with van der Waals surface area (Å²) in [6, 6.07) is 14.2. The highest BCUT2D eigenvalue weighted by Crippen LogP contribution is 2.23. The van der Waals surface area contributed by atoms with E-state index in [1.807, 2.05) is 0 Å². The molecular formula is C20H21FN2O4. The Morgan fingerprint density at radius 1 is 1.00 bits per heavy atom. The fourth-order valence-corrected chi connectivity index (χ4v) is 2.52. The van der Waals surface area contributed by atoms with Crippen LogP contribution in [0.4, 0.5) is 4.39 Å². The maximum absolute atomic E-state index is 13.1. The van der Waals surface area contributed by atoms with Crippen molar-refractivity contribution >= 4 is 17.8 Å². The first-order valence-corrected chi connectivity index (χ1v) is 8.38. The number of benzene rings is 2. The number of carboxylic acid groups (broad SMARTS) is 1. The van der Waals surface area contributed by atoms with Crippen molar-refractivity contribution in [3.63, 3.8) is 0 Å². The molecule has 6 nitrogen and oxygen atoms in total. The third kappa shape index (κ3) is 5.64. The molecule has 7 heteroatoms. The van der Waals surface area contributed by atoms with Crippen LogP contribution >= 0.6 is 0 Å². The maximum atomic E-state index is 13.1. The Balaban J connectivity index is 1.86. The second kappa shape index (κ2) is 8.93. The van der Waals surface area contributed by atoms with Gasteiger partial charge in [-0.05, 0) is 30.2 Å². The minimum Gasteiger partial charge on any atom is -0.481 e. The van der Waals surface area contributed by atoms with Gasteiger partial charge in [-0.1, -0.05) is 42.5 Å². The lowest BCUT2D eigenvalue weighted by atomic mass is 9.82. The molecule has 2 amide bonds. The van der Waals surface area contributed by atoms with Crippen LogP contribution in [-0.2, 0) is 26.2 Å². The molecule has 0 aliphatic carbocycles. The zero-order chi connectivity index (χ0) is 19.9. The Morgan fingerprint density at radius 2 is 1.70 bits per heavy atom. The molecule has 2 aromatic carbocycles. The molecule has 0 saturated heterocycles. The molecule has 0 radical (unpaired) electrons. The van der Waals surface area contributed by atoms with Crippen molar-refractivity contribution in [2.45, 2.75) is 18.8 Å². The fourth-order valence-electron chi connectivity index (χ4n) is 2.52. The number of carboxylic acids is 1. The number of aliphatic carboxylic acids is 1. The van der Waals surface area contributed by atoms with Gasteiger partial charge in [-0.25, -0.2) is 4.39 Å². The second-order valence-electron chi connectivity index (χ2n) is 6.36. The summed E-state index contributed by atoms with van der Waals surface area (Å²) in [6.45, 7) is 1.11. The molecule has 0 heterocycles. The van der Waals surface area contributed by atoms with E-state index in [2.05, 4.69) is 10.6 Å². The predicted octanol–water partition coefficient (Wildman–Crippen LogP) is 1.64. The molecular weight excluding hydrogens is 351 g/mol. The Bertz CT molecular complexity index is 826. The molecule has 0 aliphatic heterocycles. The van der Waals surface area contributed by atoms with E-state index in [1.54, 1.807) is 36.4 Å². The molecule has 2 rings (SSSR count). The number of hydrogen-bond acceptors (Lipinski definition) is 3. The summed E-state index contributed by atoms with van der Waals surface area (Å²) >= 11 is 0. The number of hydrogen-bond donors (Lipinski definition) is 3. The monoisotopic (exact) mass is 372 g/mol. The molecule has 0 fully saturated rings. The normalized spacial score (nSPS) is 12.7. The Labute approximate surface area is 156 Å². The van der Waals surface area contributed by atoms with Gasteiger partial charge in [0.25, 0.3) is 0 Å². The maximum Gasteiger partial charge on any atom is 0.315 e. The van der Waals surface area contributed by atoms with Crippen molar-refractivity contribution in [1.29, 1.82) is 0 Å². The van der Waals surface area contributed by atoms with Gasteiger partial charge in [0.2, 0.25) is 11.8 Å². The smallest absolute Gasteiger partial charge is 0.315 e. The fraction of sp³-hybridized carbons (Fsp3) is 0.250. The van der Waals surface area contributed by atoms with Crippen LogP contribution in [0.2, 0.25) is 0 Å². The zero-order valence-electron chi connectivity index (χ0n) is 14.9. The van der Waals surface area contributed by atoms with Crippen LogP contribution in [0.3, 0.4) is 0 Å². The van der Waals surface area contributed by atoms with Crippen LogP contribution < -0.4 is 10.6 Å². The van der Waals surface area contributed by atoms with Crippen LogP contribution in [0.25, 0.3) is 0 Å². The van der Waals surface area contributed by atoms with E-state index in [9.17, 15) is 23.9 Å². The lowest BCUT2D eigenvalue weighted by molar-refractivity contribution is -0.143. The number of halogens is 1. The number of carbonyl (C=O) groups is 3. The number of rotatable bonds is 8. The molecule has 142 valence electrons. The SMILES string of the molecule is CC(CNC(=O)CNC(=O)Cc1cccc(F)c1)(C(=O)O)c1ccccc1. The average Bonchev–Trinajstić information content (AvgIpc) is 2.65. The zero-order valence-corrected chi connectivity index (χ0v) is 14.9. The molecule has 3 N–H and O–H groups in total. The highest BCUT2D eigenvalue weighted by Gasteiger charge is 2.35. The van der Waals surface area contributed by atoms with Crippen molar-refractivity contribution in [2.75, 3.05) is 13.1 Å². The first-order valence-electron chi connectivity index (χ1n) is 8.38. The van der Waals surface area contributed by atoms with Gasteiger partial charge >= 0.3 is 5.97 Å². The second-order valence-corrected chi connectivity index (χ2v) is 6.36. The number of carbonyl (C=O) groups excluding carboxylic acids is 2. The van der Waals surface area contributed by atoms with Crippen molar-refractivity contribution in [2.24, 2.45) is 0 Å². The molecule has 0 saturated carbocycles. The average molecular weight is 372 g/mol. The third-order valence-corrected chi connectivity index (χ3v) is 4.22. The topological polar surface area (TPSA) is 95.5 Å². The quantitative estimate of drug-likeness (QED) is 0.656. The van der Waals surface area contributed by atoms with Crippen molar-refractivity contribution in [3.8, 4) is 0 Å². The standard InChI is InChI=1S/C20H21FN2O4/c1-20(19(26)27,15-7-3-2-4-8-15)13-23-18(25)12-22-17(24)11-14-6-5-9-16(21)10-14/h2-10H,11-13H2,1H3,(H,22,24)(H,23,25)(H,26,27). The van der Waals surface area contributed by atoms with E-state index in [1.165, 1.54) is 25.1 Å². The van der Waals surface area contributed by atoms with Crippen molar-refractivity contribution in [1.82, 2.24) is 10.6 Å². The summed E-state index contributed by atoms with van der Waals surface area (Å²) < 4.78 is 13.1. The van der Waals surface area contributed by atoms with Gasteiger partial charge in [0.05, 0.1) is 13.0 Å². The summed E-state index contributed by atoms with van der Waals surface area (Å²) in [5, 5.41) is 14.5. The number of amides is 2. The summed E-state index contributed by atoms with van der Waals surface area (Å²) in [5.74, 6) is -2.44. The van der Waals surface area contributed by atoms with Gasteiger partial charge in [-0.3, -0.25) is 14.4 Å². The first-order chi connectivity index (χ1) is 12.8. The summed E-state index contributed by atoms with van der Waals surface area (Å²) in [4.78, 5) is 35.5. The minimum absolute atomic E-state index is 0.0537. The highest BCUT2D eigenvalue weighted by molar-refractivity contribution is 5.87. The van der Waals surface area contributed by atoms with Crippen LogP contribution in [-0.4, -0.2) is 36.0 Å². The van der Waals surface area contributed by atoms with E-state index >= 15 is 0 Å². The largest absolute Gasteiger partial charge is 0.481 e. The van der Waals surface area contributed by atoms with E-state index in [-0.39, 0.29) is 19.5 Å². The molecule has 2 aromatic rings. The summed E-state index contributed by atoms with van der Waals surface area (Å²) in [6.07, 6.45) is -0.0537. The molecule has 1 unspecified atom stereocenters. The molecule has 27 heavy (non-hydrogen) atoms.